The Morgan fingerprint density at radius 1 is 1.50 bits per heavy atom. The van der Waals surface area contributed by atoms with Crippen LogP contribution >= 0.6 is 0 Å². The Labute approximate surface area is 107 Å². The van der Waals surface area contributed by atoms with Gasteiger partial charge in [0, 0.05) is 32.2 Å². The van der Waals surface area contributed by atoms with Crippen LogP contribution in [0.2, 0.25) is 0 Å². The van der Waals surface area contributed by atoms with Crippen LogP contribution in [-0.2, 0) is 4.79 Å². The van der Waals surface area contributed by atoms with E-state index in [0.29, 0.717) is 13.1 Å². The summed E-state index contributed by atoms with van der Waals surface area (Å²) in [5.41, 5.74) is 0. The van der Waals surface area contributed by atoms with Gasteiger partial charge in [0.1, 0.15) is 6.54 Å². The lowest BCUT2D eigenvalue weighted by molar-refractivity contribution is -0.137. The number of piperazine rings is 1. The molecule has 0 aromatic carbocycles. The molecule has 6 heteroatoms. The van der Waals surface area contributed by atoms with Gasteiger partial charge in [0.05, 0.1) is 0 Å². The third-order valence-corrected chi connectivity index (χ3v) is 3.18. The minimum atomic E-state index is -1.01. The Bertz CT molecular complexity index is 333. The highest BCUT2D eigenvalue weighted by atomic mass is 16.4. The summed E-state index contributed by atoms with van der Waals surface area (Å²) >= 11 is 0. The van der Waals surface area contributed by atoms with Crippen molar-refractivity contribution in [2.75, 3.05) is 39.8 Å². The summed E-state index contributed by atoms with van der Waals surface area (Å²) in [4.78, 5) is 28.1. The van der Waals surface area contributed by atoms with Crippen molar-refractivity contribution in [2.24, 2.45) is 0 Å². The lowest BCUT2D eigenvalue weighted by atomic mass is 10.2. The first-order valence-electron chi connectivity index (χ1n) is 6.02. The molecular weight excluding hydrogens is 234 g/mol. The molecule has 1 rings (SSSR count). The van der Waals surface area contributed by atoms with E-state index in [4.69, 9.17) is 5.11 Å². The third kappa shape index (κ3) is 3.73. The van der Waals surface area contributed by atoms with Crippen LogP contribution in [0, 0.1) is 0 Å². The molecule has 1 unspecified atom stereocenters. The van der Waals surface area contributed by atoms with E-state index in [9.17, 15) is 9.59 Å². The number of likely N-dealkylation sites (N-methyl/N-ethyl adjacent to an activating group) is 1. The second kappa shape index (κ2) is 6.39. The summed E-state index contributed by atoms with van der Waals surface area (Å²) in [6.45, 7) is 7.64. The van der Waals surface area contributed by atoms with Gasteiger partial charge < -0.3 is 19.8 Å². The predicted octanol–water partition coefficient (Wildman–Crippen LogP) is 0.315. The molecule has 0 bridgehead atoms. The number of rotatable bonds is 4. The normalized spacial score (nSPS) is 20.6. The first kappa shape index (κ1) is 14.5. The zero-order valence-electron chi connectivity index (χ0n) is 11.0. The van der Waals surface area contributed by atoms with Gasteiger partial charge in [0.15, 0.2) is 0 Å². The van der Waals surface area contributed by atoms with Gasteiger partial charge >= 0.3 is 12.0 Å². The molecule has 6 nitrogen and oxygen atoms in total. The van der Waals surface area contributed by atoms with Gasteiger partial charge in [0.25, 0.3) is 0 Å². The van der Waals surface area contributed by atoms with E-state index >= 15 is 0 Å². The predicted molar refractivity (Wildman–Crippen MR) is 68.5 cm³/mol. The molecule has 0 aromatic heterocycles. The molecule has 0 aromatic rings. The second-order valence-corrected chi connectivity index (χ2v) is 4.62. The van der Waals surface area contributed by atoms with Crippen LogP contribution in [0.4, 0.5) is 4.79 Å². The van der Waals surface area contributed by atoms with E-state index in [1.54, 1.807) is 11.0 Å². The van der Waals surface area contributed by atoms with Crippen molar-refractivity contribution in [1.29, 1.82) is 0 Å². The van der Waals surface area contributed by atoms with Gasteiger partial charge in [-0.25, -0.2) is 4.79 Å². The van der Waals surface area contributed by atoms with Crippen molar-refractivity contribution in [3.63, 3.8) is 0 Å². The summed E-state index contributed by atoms with van der Waals surface area (Å²) in [5, 5.41) is 8.80. The average molecular weight is 255 g/mol. The number of amides is 2. The Hall–Kier alpha value is -1.56. The van der Waals surface area contributed by atoms with E-state index < -0.39 is 5.97 Å². The molecule has 1 saturated heterocycles. The van der Waals surface area contributed by atoms with Gasteiger partial charge in [-0.2, -0.15) is 0 Å². The molecule has 0 radical (unpaired) electrons. The number of urea groups is 1. The zero-order valence-corrected chi connectivity index (χ0v) is 11.0. The van der Waals surface area contributed by atoms with E-state index in [1.165, 1.54) is 4.90 Å². The number of carbonyl (C=O) groups excluding carboxylic acids is 1. The fourth-order valence-corrected chi connectivity index (χ4v) is 1.95. The number of aliphatic carboxylic acids is 1. The third-order valence-electron chi connectivity index (χ3n) is 3.18. The molecule has 1 heterocycles. The molecule has 0 aliphatic carbocycles. The maximum atomic E-state index is 12.2. The fourth-order valence-electron chi connectivity index (χ4n) is 1.95. The minimum Gasteiger partial charge on any atom is -0.480 e. The van der Waals surface area contributed by atoms with Crippen LogP contribution in [0.1, 0.15) is 6.92 Å². The van der Waals surface area contributed by atoms with Gasteiger partial charge in [0.2, 0.25) is 0 Å². The second-order valence-electron chi connectivity index (χ2n) is 4.62. The molecule has 1 aliphatic heterocycles. The van der Waals surface area contributed by atoms with Crippen molar-refractivity contribution < 1.29 is 14.7 Å². The van der Waals surface area contributed by atoms with Gasteiger partial charge in [-0.05, 0) is 14.0 Å². The van der Waals surface area contributed by atoms with E-state index in [0.717, 1.165) is 6.54 Å². The summed E-state index contributed by atoms with van der Waals surface area (Å²) in [7, 11) is 2.02. The molecule has 18 heavy (non-hydrogen) atoms. The van der Waals surface area contributed by atoms with E-state index in [1.807, 2.05) is 7.05 Å². The number of carbonyl (C=O) groups is 2. The Morgan fingerprint density at radius 2 is 2.17 bits per heavy atom. The SMILES string of the molecule is C=CCN(CC(=O)O)C(=O)N1CCN(C)C(C)C1. The molecule has 1 N–H and O–H groups in total. The summed E-state index contributed by atoms with van der Waals surface area (Å²) in [5.74, 6) is -1.01. The average Bonchev–Trinajstić information content (AvgIpc) is 2.31. The van der Waals surface area contributed by atoms with Crippen LogP contribution < -0.4 is 0 Å². The summed E-state index contributed by atoms with van der Waals surface area (Å²) in [6, 6.07) is 0.0651. The Morgan fingerprint density at radius 3 is 2.67 bits per heavy atom. The number of carboxylic acid groups (broad SMARTS) is 1. The molecule has 102 valence electrons. The van der Waals surface area contributed by atoms with Gasteiger partial charge in [-0.15, -0.1) is 6.58 Å². The molecule has 1 aliphatic rings. The minimum absolute atomic E-state index is 0.225. The summed E-state index contributed by atoms with van der Waals surface area (Å²) < 4.78 is 0. The topological polar surface area (TPSA) is 64.1 Å². The highest BCUT2D eigenvalue weighted by molar-refractivity contribution is 5.80. The van der Waals surface area contributed by atoms with Crippen molar-refractivity contribution in [2.45, 2.75) is 13.0 Å². The lowest BCUT2D eigenvalue weighted by Gasteiger charge is -2.39. The first-order valence-corrected chi connectivity index (χ1v) is 6.02. The Balaban J connectivity index is 2.64. The van der Waals surface area contributed by atoms with Crippen LogP contribution in [0.25, 0.3) is 0 Å². The largest absolute Gasteiger partial charge is 0.480 e. The highest BCUT2D eigenvalue weighted by Crippen LogP contribution is 2.09. The smallest absolute Gasteiger partial charge is 0.323 e. The monoisotopic (exact) mass is 255 g/mol. The van der Waals surface area contributed by atoms with Crippen molar-refractivity contribution >= 4 is 12.0 Å². The highest BCUT2D eigenvalue weighted by Gasteiger charge is 2.27. The molecule has 1 atom stereocenters. The Kier molecular flexibility index (Phi) is 5.15. The lowest BCUT2D eigenvalue weighted by Crippen LogP contribution is -2.55. The van der Waals surface area contributed by atoms with Crippen LogP contribution in [0.3, 0.4) is 0 Å². The quantitative estimate of drug-likeness (QED) is 0.735. The van der Waals surface area contributed by atoms with Crippen molar-refractivity contribution in [3.05, 3.63) is 12.7 Å². The number of hydrogen-bond donors (Lipinski definition) is 1. The van der Waals surface area contributed by atoms with E-state index in [-0.39, 0.29) is 25.2 Å². The van der Waals surface area contributed by atoms with Crippen molar-refractivity contribution in [1.82, 2.24) is 14.7 Å². The number of hydrogen-bond acceptors (Lipinski definition) is 3. The summed E-state index contributed by atoms with van der Waals surface area (Å²) in [6.07, 6.45) is 1.54. The van der Waals surface area contributed by atoms with Crippen LogP contribution in [0.5, 0.6) is 0 Å². The fraction of sp³-hybridized carbons (Fsp3) is 0.667. The zero-order chi connectivity index (χ0) is 13.7. The molecular formula is C12H21N3O3. The van der Waals surface area contributed by atoms with Crippen molar-refractivity contribution in [3.8, 4) is 0 Å². The van der Waals surface area contributed by atoms with Gasteiger partial charge in [-0.1, -0.05) is 6.08 Å². The first-order chi connectivity index (χ1) is 8.45. The van der Waals surface area contributed by atoms with Gasteiger partial charge in [-0.3, -0.25) is 4.79 Å². The number of nitrogens with zero attached hydrogens (tertiary/aromatic N) is 3. The molecule has 0 spiro atoms. The molecule has 1 fully saturated rings. The maximum absolute atomic E-state index is 12.2. The standard InChI is InChI=1S/C12H21N3O3/c1-4-5-14(9-11(16)17)12(18)15-7-6-13(3)10(2)8-15/h4,10H,1,5-9H2,2-3H3,(H,16,17). The number of carboxylic acids is 1. The van der Waals surface area contributed by atoms with Crippen LogP contribution in [0.15, 0.2) is 12.7 Å². The molecule has 0 saturated carbocycles. The molecule has 2 amide bonds. The maximum Gasteiger partial charge on any atom is 0.323 e. The van der Waals surface area contributed by atoms with E-state index in [2.05, 4.69) is 18.4 Å². The van der Waals surface area contributed by atoms with Crippen LogP contribution in [-0.4, -0.2) is 77.6 Å².